The lowest BCUT2D eigenvalue weighted by Crippen LogP contribution is -2.50. The van der Waals surface area contributed by atoms with Crippen molar-refractivity contribution in [2.75, 3.05) is 26.3 Å². The van der Waals surface area contributed by atoms with Crippen LogP contribution in [0.15, 0.2) is 12.4 Å². The molecule has 1 atom stereocenters. The molecule has 1 aromatic rings. The molecule has 7 nitrogen and oxygen atoms in total. The highest BCUT2D eigenvalue weighted by atomic mass is 35.5. The highest BCUT2D eigenvalue weighted by Gasteiger charge is 2.24. The van der Waals surface area contributed by atoms with Gasteiger partial charge in [-0.3, -0.25) is 9.59 Å². The van der Waals surface area contributed by atoms with E-state index in [4.69, 9.17) is 16.3 Å². The SMILES string of the molecule is CC(NC(=O)c1cnc(Cl)cn1)C(=O)N1CCOCC1. The normalized spacial score (nSPS) is 16.6. The number of halogens is 1. The predicted octanol–water partition coefficient (Wildman–Crippen LogP) is 0.107. The number of carbonyl (C=O) groups excluding carboxylic acids is 2. The summed E-state index contributed by atoms with van der Waals surface area (Å²) in [6.07, 6.45) is 2.55. The fourth-order valence-corrected chi connectivity index (χ4v) is 1.92. The number of hydrogen-bond donors (Lipinski definition) is 1. The lowest BCUT2D eigenvalue weighted by molar-refractivity contribution is -0.136. The highest BCUT2D eigenvalue weighted by molar-refractivity contribution is 6.29. The largest absolute Gasteiger partial charge is 0.378 e. The molecule has 1 fully saturated rings. The molecule has 1 aromatic heterocycles. The zero-order valence-electron chi connectivity index (χ0n) is 11.0. The molecule has 1 saturated heterocycles. The summed E-state index contributed by atoms with van der Waals surface area (Å²) in [5.74, 6) is -0.591. The Bertz CT molecular complexity index is 488. The van der Waals surface area contributed by atoms with Crippen LogP contribution in [0.3, 0.4) is 0 Å². The van der Waals surface area contributed by atoms with Gasteiger partial charge in [0.1, 0.15) is 16.9 Å². The van der Waals surface area contributed by atoms with E-state index in [0.717, 1.165) is 0 Å². The number of ether oxygens (including phenoxy) is 1. The first-order valence-electron chi connectivity index (χ1n) is 6.23. The van der Waals surface area contributed by atoms with E-state index in [1.807, 2.05) is 0 Å². The van der Waals surface area contributed by atoms with Crippen LogP contribution in [-0.2, 0) is 9.53 Å². The first kappa shape index (κ1) is 14.7. The average molecular weight is 299 g/mol. The second kappa shape index (κ2) is 6.62. The van der Waals surface area contributed by atoms with Gasteiger partial charge < -0.3 is 15.0 Å². The van der Waals surface area contributed by atoms with Crippen molar-refractivity contribution in [3.05, 3.63) is 23.2 Å². The second-order valence-corrected chi connectivity index (χ2v) is 4.74. The molecule has 1 aliphatic heterocycles. The van der Waals surface area contributed by atoms with Crippen molar-refractivity contribution in [1.82, 2.24) is 20.2 Å². The van der Waals surface area contributed by atoms with Crippen LogP contribution in [0.5, 0.6) is 0 Å². The van der Waals surface area contributed by atoms with Crippen molar-refractivity contribution in [2.24, 2.45) is 0 Å². The van der Waals surface area contributed by atoms with Crippen molar-refractivity contribution in [1.29, 1.82) is 0 Å². The molecule has 1 N–H and O–H groups in total. The number of nitrogens with one attached hydrogen (secondary N) is 1. The maximum Gasteiger partial charge on any atom is 0.272 e. The summed E-state index contributed by atoms with van der Waals surface area (Å²) in [4.78, 5) is 33.3. The molecule has 0 spiro atoms. The monoisotopic (exact) mass is 298 g/mol. The second-order valence-electron chi connectivity index (χ2n) is 4.36. The minimum Gasteiger partial charge on any atom is -0.378 e. The lowest BCUT2D eigenvalue weighted by Gasteiger charge is -2.29. The maximum absolute atomic E-state index is 12.1. The fraction of sp³-hybridized carbons (Fsp3) is 0.500. The first-order valence-corrected chi connectivity index (χ1v) is 6.60. The minimum atomic E-state index is -0.627. The van der Waals surface area contributed by atoms with Crippen LogP contribution in [0.1, 0.15) is 17.4 Å². The Labute approximate surface area is 121 Å². The van der Waals surface area contributed by atoms with Crippen molar-refractivity contribution in [3.8, 4) is 0 Å². The van der Waals surface area contributed by atoms with Gasteiger partial charge in [0.15, 0.2) is 0 Å². The van der Waals surface area contributed by atoms with E-state index in [1.165, 1.54) is 12.4 Å². The number of morpholine rings is 1. The molecule has 108 valence electrons. The molecule has 0 aromatic carbocycles. The Balaban J connectivity index is 1.92. The quantitative estimate of drug-likeness (QED) is 0.856. The molecule has 0 aliphatic carbocycles. The smallest absolute Gasteiger partial charge is 0.272 e. The minimum absolute atomic E-state index is 0.121. The van der Waals surface area contributed by atoms with Crippen LogP contribution in [0.25, 0.3) is 0 Å². The summed E-state index contributed by atoms with van der Waals surface area (Å²) in [5.41, 5.74) is 0.121. The van der Waals surface area contributed by atoms with Gasteiger partial charge >= 0.3 is 0 Å². The molecular weight excluding hydrogens is 284 g/mol. The van der Waals surface area contributed by atoms with Gasteiger partial charge in [0, 0.05) is 13.1 Å². The van der Waals surface area contributed by atoms with Gasteiger partial charge in [0.25, 0.3) is 5.91 Å². The van der Waals surface area contributed by atoms with Gasteiger partial charge in [-0.25, -0.2) is 9.97 Å². The number of nitrogens with zero attached hydrogens (tertiary/aromatic N) is 3. The molecular formula is C12H15ClN4O3. The molecule has 0 radical (unpaired) electrons. The van der Waals surface area contributed by atoms with E-state index in [1.54, 1.807) is 11.8 Å². The molecule has 2 rings (SSSR count). The number of aromatic nitrogens is 2. The Kier molecular flexibility index (Phi) is 4.86. The summed E-state index contributed by atoms with van der Waals surface area (Å²) < 4.78 is 5.18. The van der Waals surface area contributed by atoms with Crippen LogP contribution in [0, 0.1) is 0 Å². The van der Waals surface area contributed by atoms with Crippen LogP contribution < -0.4 is 5.32 Å². The van der Waals surface area contributed by atoms with Gasteiger partial charge in [0.05, 0.1) is 25.6 Å². The van der Waals surface area contributed by atoms with Crippen molar-refractivity contribution >= 4 is 23.4 Å². The molecule has 0 bridgehead atoms. The van der Waals surface area contributed by atoms with Gasteiger partial charge in [0.2, 0.25) is 5.91 Å². The van der Waals surface area contributed by atoms with Gasteiger partial charge in [-0.15, -0.1) is 0 Å². The van der Waals surface area contributed by atoms with Crippen molar-refractivity contribution in [3.63, 3.8) is 0 Å². The summed E-state index contributed by atoms with van der Waals surface area (Å²) >= 11 is 5.60. The van der Waals surface area contributed by atoms with E-state index in [0.29, 0.717) is 26.3 Å². The molecule has 2 amide bonds. The van der Waals surface area contributed by atoms with E-state index in [2.05, 4.69) is 15.3 Å². The topological polar surface area (TPSA) is 84.4 Å². The van der Waals surface area contributed by atoms with E-state index in [9.17, 15) is 9.59 Å². The van der Waals surface area contributed by atoms with Crippen LogP contribution in [-0.4, -0.2) is 59.0 Å². The van der Waals surface area contributed by atoms with Gasteiger partial charge in [-0.2, -0.15) is 0 Å². The number of amides is 2. The maximum atomic E-state index is 12.1. The fourth-order valence-electron chi connectivity index (χ4n) is 1.82. The Hall–Kier alpha value is -1.73. The summed E-state index contributed by atoms with van der Waals surface area (Å²) in [6.45, 7) is 3.77. The zero-order chi connectivity index (χ0) is 14.5. The lowest BCUT2D eigenvalue weighted by atomic mass is 10.2. The van der Waals surface area contributed by atoms with Crippen molar-refractivity contribution in [2.45, 2.75) is 13.0 Å². The van der Waals surface area contributed by atoms with E-state index in [-0.39, 0.29) is 16.8 Å². The third-order valence-corrected chi connectivity index (χ3v) is 3.09. The highest BCUT2D eigenvalue weighted by Crippen LogP contribution is 2.03. The van der Waals surface area contributed by atoms with Crippen molar-refractivity contribution < 1.29 is 14.3 Å². The Morgan fingerprint density at radius 2 is 2.05 bits per heavy atom. The predicted molar refractivity (Wildman–Crippen MR) is 71.4 cm³/mol. The molecule has 0 saturated carbocycles. The standard InChI is InChI=1S/C12H15ClN4O3/c1-8(12(19)17-2-4-20-5-3-17)16-11(18)9-6-15-10(13)7-14-9/h6-8H,2-5H2,1H3,(H,16,18). The number of hydrogen-bond acceptors (Lipinski definition) is 5. The zero-order valence-corrected chi connectivity index (χ0v) is 11.8. The summed E-state index contributed by atoms with van der Waals surface area (Å²) in [7, 11) is 0. The summed E-state index contributed by atoms with van der Waals surface area (Å²) in [6, 6.07) is -0.627. The average Bonchev–Trinajstić information content (AvgIpc) is 2.48. The van der Waals surface area contributed by atoms with E-state index < -0.39 is 11.9 Å². The van der Waals surface area contributed by atoms with E-state index >= 15 is 0 Å². The molecule has 2 heterocycles. The third-order valence-electron chi connectivity index (χ3n) is 2.89. The first-order chi connectivity index (χ1) is 9.58. The number of carbonyl (C=O) groups is 2. The molecule has 1 unspecified atom stereocenters. The Morgan fingerprint density at radius 3 is 2.65 bits per heavy atom. The molecule has 8 heteroatoms. The summed E-state index contributed by atoms with van der Waals surface area (Å²) in [5, 5.41) is 2.80. The molecule has 20 heavy (non-hydrogen) atoms. The van der Waals surface area contributed by atoms with Gasteiger partial charge in [-0.1, -0.05) is 11.6 Å². The van der Waals surface area contributed by atoms with Gasteiger partial charge in [-0.05, 0) is 6.92 Å². The molecule has 1 aliphatic rings. The van der Waals surface area contributed by atoms with Crippen LogP contribution in [0.4, 0.5) is 0 Å². The van der Waals surface area contributed by atoms with Crippen LogP contribution >= 0.6 is 11.6 Å². The third kappa shape index (κ3) is 3.64. The Morgan fingerprint density at radius 1 is 1.35 bits per heavy atom. The van der Waals surface area contributed by atoms with Crippen LogP contribution in [0.2, 0.25) is 5.15 Å². The number of rotatable bonds is 3.